The lowest BCUT2D eigenvalue weighted by Gasteiger charge is -2.32. The minimum atomic E-state index is 0.107. The SMILES string of the molecule is CN1CCN(C(=O)c2ccc(-c3ccn4c(-c5ccnc(-c6ccccc6)c5)cnc4c3)cc2)CC1. The maximum atomic E-state index is 12.9. The molecule has 3 aromatic heterocycles. The van der Waals surface area contributed by atoms with Crippen molar-refractivity contribution in [2.75, 3.05) is 33.2 Å². The molecule has 5 aromatic rings. The molecule has 0 unspecified atom stereocenters. The van der Waals surface area contributed by atoms with Crippen LogP contribution in [0.2, 0.25) is 0 Å². The average molecular weight is 474 g/mol. The van der Waals surface area contributed by atoms with Crippen molar-refractivity contribution < 1.29 is 4.79 Å². The number of pyridine rings is 2. The lowest BCUT2D eigenvalue weighted by Crippen LogP contribution is -2.47. The molecule has 6 heteroatoms. The van der Waals surface area contributed by atoms with Crippen LogP contribution in [-0.2, 0) is 0 Å². The highest BCUT2D eigenvalue weighted by Crippen LogP contribution is 2.28. The normalized spacial score (nSPS) is 14.3. The number of rotatable bonds is 4. The Bertz CT molecular complexity index is 1520. The zero-order valence-corrected chi connectivity index (χ0v) is 20.2. The van der Waals surface area contributed by atoms with Crippen LogP contribution in [0.15, 0.2) is 97.5 Å². The number of fused-ring (bicyclic) bond motifs is 1. The Balaban J connectivity index is 1.25. The van der Waals surface area contributed by atoms with Gasteiger partial charge in [0.05, 0.1) is 17.6 Å². The molecular formula is C30H27N5O. The highest BCUT2D eigenvalue weighted by Gasteiger charge is 2.20. The fourth-order valence-electron chi connectivity index (χ4n) is 4.73. The molecule has 0 spiro atoms. The Labute approximate surface area is 210 Å². The summed E-state index contributed by atoms with van der Waals surface area (Å²) in [4.78, 5) is 26.3. The molecule has 0 N–H and O–H groups in total. The molecule has 1 amide bonds. The van der Waals surface area contributed by atoms with Gasteiger partial charge in [0.2, 0.25) is 0 Å². The van der Waals surface area contributed by atoms with Crippen molar-refractivity contribution in [1.29, 1.82) is 0 Å². The number of carbonyl (C=O) groups excluding carboxylic acids is 1. The smallest absolute Gasteiger partial charge is 0.253 e. The standard InChI is InChI=1S/C30H27N5O/c1-33-15-17-34(18-16-33)30(36)24-9-7-22(8-10-24)25-12-14-35-28(21-32-29(35)20-25)26-11-13-31-27(19-26)23-5-3-2-4-6-23/h2-14,19-21H,15-18H2,1H3. The van der Waals surface area contributed by atoms with Crippen molar-refractivity contribution in [2.24, 2.45) is 0 Å². The van der Waals surface area contributed by atoms with Crippen LogP contribution < -0.4 is 0 Å². The predicted molar refractivity (Wildman–Crippen MR) is 143 cm³/mol. The second kappa shape index (κ2) is 9.40. The zero-order chi connectivity index (χ0) is 24.5. The predicted octanol–water partition coefficient (Wildman–Crippen LogP) is 5.12. The van der Waals surface area contributed by atoms with Crippen molar-refractivity contribution in [3.05, 3.63) is 103 Å². The highest BCUT2D eigenvalue weighted by molar-refractivity contribution is 5.94. The minimum Gasteiger partial charge on any atom is -0.336 e. The topological polar surface area (TPSA) is 53.7 Å². The summed E-state index contributed by atoms with van der Waals surface area (Å²) in [7, 11) is 2.09. The minimum absolute atomic E-state index is 0.107. The van der Waals surface area contributed by atoms with E-state index in [9.17, 15) is 4.79 Å². The Morgan fingerprint density at radius 3 is 2.31 bits per heavy atom. The van der Waals surface area contributed by atoms with Gasteiger partial charge in [-0.3, -0.25) is 14.2 Å². The number of benzene rings is 2. The summed E-state index contributed by atoms with van der Waals surface area (Å²) in [6.07, 6.45) is 5.80. The van der Waals surface area contributed by atoms with Gasteiger partial charge in [0.1, 0.15) is 5.65 Å². The molecule has 0 saturated carbocycles. The van der Waals surface area contributed by atoms with Gasteiger partial charge in [-0.15, -0.1) is 0 Å². The molecule has 4 heterocycles. The third-order valence-electron chi connectivity index (χ3n) is 6.89. The summed E-state index contributed by atoms with van der Waals surface area (Å²) < 4.78 is 2.10. The highest BCUT2D eigenvalue weighted by atomic mass is 16.2. The van der Waals surface area contributed by atoms with Gasteiger partial charge in [0.15, 0.2) is 0 Å². The van der Waals surface area contributed by atoms with E-state index in [0.717, 1.165) is 71.0 Å². The molecule has 178 valence electrons. The first-order chi connectivity index (χ1) is 17.7. The molecule has 1 aliphatic heterocycles. The van der Waals surface area contributed by atoms with Crippen molar-refractivity contribution in [2.45, 2.75) is 0 Å². The summed E-state index contributed by atoms with van der Waals surface area (Å²) in [5.74, 6) is 0.107. The van der Waals surface area contributed by atoms with Crippen LogP contribution in [0.1, 0.15) is 10.4 Å². The zero-order valence-electron chi connectivity index (χ0n) is 20.2. The van der Waals surface area contributed by atoms with Crippen molar-refractivity contribution in [3.8, 4) is 33.6 Å². The third-order valence-corrected chi connectivity index (χ3v) is 6.89. The Morgan fingerprint density at radius 1 is 0.750 bits per heavy atom. The van der Waals surface area contributed by atoms with E-state index in [1.54, 1.807) is 0 Å². The van der Waals surface area contributed by atoms with Gasteiger partial charge in [-0.25, -0.2) is 4.98 Å². The number of carbonyl (C=O) groups is 1. The maximum Gasteiger partial charge on any atom is 0.253 e. The number of aromatic nitrogens is 3. The van der Waals surface area contributed by atoms with Crippen LogP contribution in [0.25, 0.3) is 39.3 Å². The van der Waals surface area contributed by atoms with Crippen LogP contribution in [0.5, 0.6) is 0 Å². The largest absolute Gasteiger partial charge is 0.336 e. The van der Waals surface area contributed by atoms with E-state index in [4.69, 9.17) is 0 Å². The number of piperazine rings is 1. The number of hydrogen-bond acceptors (Lipinski definition) is 4. The molecular weight excluding hydrogens is 446 g/mol. The summed E-state index contributed by atoms with van der Waals surface area (Å²) in [5.41, 5.74) is 7.85. The van der Waals surface area contributed by atoms with Crippen molar-refractivity contribution in [3.63, 3.8) is 0 Å². The quantitative estimate of drug-likeness (QED) is 0.364. The van der Waals surface area contributed by atoms with Crippen molar-refractivity contribution >= 4 is 11.6 Å². The Morgan fingerprint density at radius 2 is 1.53 bits per heavy atom. The Kier molecular flexibility index (Phi) is 5.79. The number of hydrogen-bond donors (Lipinski definition) is 0. The number of likely N-dealkylation sites (N-methyl/N-ethyl adjacent to an activating group) is 1. The number of nitrogens with zero attached hydrogens (tertiary/aromatic N) is 5. The molecule has 0 atom stereocenters. The van der Waals surface area contributed by atoms with Gasteiger partial charge in [0, 0.05) is 55.3 Å². The van der Waals surface area contributed by atoms with Gasteiger partial charge >= 0.3 is 0 Å². The first-order valence-corrected chi connectivity index (χ1v) is 12.2. The van der Waals surface area contributed by atoms with Crippen LogP contribution in [0.3, 0.4) is 0 Å². The second-order valence-electron chi connectivity index (χ2n) is 9.26. The summed E-state index contributed by atoms with van der Waals surface area (Å²) in [6.45, 7) is 3.40. The van der Waals surface area contributed by atoms with E-state index >= 15 is 0 Å². The van der Waals surface area contributed by atoms with Crippen molar-refractivity contribution in [1.82, 2.24) is 24.2 Å². The summed E-state index contributed by atoms with van der Waals surface area (Å²) in [6, 6.07) is 26.4. The molecule has 36 heavy (non-hydrogen) atoms. The van der Waals surface area contributed by atoms with E-state index in [2.05, 4.69) is 62.8 Å². The van der Waals surface area contributed by atoms with Gasteiger partial charge < -0.3 is 9.80 Å². The van der Waals surface area contributed by atoms with E-state index in [-0.39, 0.29) is 5.91 Å². The molecule has 1 fully saturated rings. The fourth-order valence-corrected chi connectivity index (χ4v) is 4.73. The van der Waals surface area contributed by atoms with Crippen LogP contribution in [0.4, 0.5) is 0 Å². The maximum absolute atomic E-state index is 12.9. The van der Waals surface area contributed by atoms with Gasteiger partial charge in [0.25, 0.3) is 5.91 Å². The number of imidazole rings is 1. The summed E-state index contributed by atoms with van der Waals surface area (Å²) >= 11 is 0. The lowest BCUT2D eigenvalue weighted by atomic mass is 10.0. The molecule has 0 bridgehead atoms. The van der Waals surface area contributed by atoms with E-state index in [1.165, 1.54) is 0 Å². The Hall–Kier alpha value is -4.29. The molecule has 0 aliphatic carbocycles. The van der Waals surface area contributed by atoms with Gasteiger partial charge in [-0.2, -0.15) is 0 Å². The van der Waals surface area contributed by atoms with E-state index < -0.39 is 0 Å². The fraction of sp³-hybridized carbons (Fsp3) is 0.167. The molecule has 1 saturated heterocycles. The number of amides is 1. The molecule has 0 radical (unpaired) electrons. The third kappa shape index (κ3) is 4.27. The molecule has 6 rings (SSSR count). The first-order valence-electron chi connectivity index (χ1n) is 12.2. The summed E-state index contributed by atoms with van der Waals surface area (Å²) in [5, 5.41) is 0. The molecule has 2 aromatic carbocycles. The van der Waals surface area contributed by atoms with E-state index in [0.29, 0.717) is 0 Å². The molecule has 6 nitrogen and oxygen atoms in total. The van der Waals surface area contributed by atoms with Gasteiger partial charge in [-0.1, -0.05) is 42.5 Å². The second-order valence-corrected chi connectivity index (χ2v) is 9.26. The van der Waals surface area contributed by atoms with E-state index in [1.807, 2.05) is 65.8 Å². The van der Waals surface area contributed by atoms with Crippen LogP contribution in [-0.4, -0.2) is 63.3 Å². The average Bonchev–Trinajstić information content (AvgIpc) is 3.37. The monoisotopic (exact) mass is 473 g/mol. The lowest BCUT2D eigenvalue weighted by molar-refractivity contribution is 0.0664. The van der Waals surface area contributed by atoms with Gasteiger partial charge in [-0.05, 0) is 54.6 Å². The first kappa shape index (κ1) is 22.2. The van der Waals surface area contributed by atoms with Crippen LogP contribution >= 0.6 is 0 Å². The molecule has 1 aliphatic rings. The van der Waals surface area contributed by atoms with Crippen LogP contribution in [0, 0.1) is 0 Å².